The van der Waals surface area contributed by atoms with Crippen LogP contribution in [0.15, 0.2) is 30.3 Å². The van der Waals surface area contributed by atoms with Crippen molar-refractivity contribution >= 4 is 11.8 Å². The van der Waals surface area contributed by atoms with E-state index in [9.17, 15) is 9.59 Å². The Kier molecular flexibility index (Phi) is 4.17. The first-order valence-electron chi connectivity index (χ1n) is 9.18. The molecular formula is C20H25NO3. The number of carbonyl (C=O) groups excluding carboxylic acids is 2. The van der Waals surface area contributed by atoms with Crippen molar-refractivity contribution in [1.29, 1.82) is 0 Å². The topological polar surface area (TPSA) is 46.6 Å². The summed E-state index contributed by atoms with van der Waals surface area (Å²) >= 11 is 0. The molecule has 5 rings (SSSR count). The van der Waals surface area contributed by atoms with E-state index < -0.39 is 5.41 Å². The fourth-order valence-electron chi connectivity index (χ4n) is 4.62. The third-order valence-electron chi connectivity index (χ3n) is 6.23. The van der Waals surface area contributed by atoms with Gasteiger partial charge in [-0.15, -0.1) is 0 Å². The van der Waals surface area contributed by atoms with Crippen LogP contribution < -0.4 is 0 Å². The number of esters is 1. The molecule has 0 N–H and O–H groups in total. The van der Waals surface area contributed by atoms with Crippen LogP contribution in [0.4, 0.5) is 0 Å². The van der Waals surface area contributed by atoms with Crippen molar-refractivity contribution in [3.05, 3.63) is 35.9 Å². The molecule has 24 heavy (non-hydrogen) atoms. The van der Waals surface area contributed by atoms with Crippen LogP contribution in [0.5, 0.6) is 0 Å². The Labute approximate surface area is 143 Å². The standard InChI is InChI=1S/C20H25NO3/c22-17-6-10-20(11-7-17,16-4-2-1-3-5-16)19(23)24-18-14-21-12-8-15(18)9-13-21/h1-5,15,18H,6-14H2. The Balaban J connectivity index is 1.57. The molecule has 1 aromatic carbocycles. The van der Waals surface area contributed by atoms with Crippen LogP contribution in [0.25, 0.3) is 0 Å². The van der Waals surface area contributed by atoms with Crippen LogP contribution in [-0.4, -0.2) is 42.4 Å². The summed E-state index contributed by atoms with van der Waals surface area (Å²) in [5.41, 5.74) is 0.366. The predicted molar refractivity (Wildman–Crippen MR) is 90.6 cm³/mol. The van der Waals surface area contributed by atoms with Gasteiger partial charge in [-0.2, -0.15) is 0 Å². The summed E-state index contributed by atoms with van der Waals surface area (Å²) in [6.45, 7) is 3.15. The highest BCUT2D eigenvalue weighted by atomic mass is 16.5. The Morgan fingerprint density at radius 3 is 2.33 bits per heavy atom. The van der Waals surface area contributed by atoms with E-state index in [-0.39, 0.29) is 17.9 Å². The van der Waals surface area contributed by atoms with Gasteiger partial charge in [0.1, 0.15) is 11.9 Å². The van der Waals surface area contributed by atoms with Crippen LogP contribution >= 0.6 is 0 Å². The maximum atomic E-state index is 13.2. The van der Waals surface area contributed by atoms with Crippen molar-refractivity contribution in [2.45, 2.75) is 50.0 Å². The van der Waals surface area contributed by atoms with Crippen LogP contribution in [0.1, 0.15) is 44.1 Å². The lowest BCUT2D eigenvalue weighted by atomic mass is 9.69. The van der Waals surface area contributed by atoms with Gasteiger partial charge in [0.25, 0.3) is 0 Å². The van der Waals surface area contributed by atoms with Gasteiger partial charge in [0.15, 0.2) is 0 Å². The molecule has 1 aliphatic carbocycles. The lowest BCUT2D eigenvalue weighted by molar-refractivity contribution is -0.167. The van der Waals surface area contributed by atoms with Crippen molar-refractivity contribution in [2.24, 2.45) is 5.92 Å². The number of hydrogen-bond donors (Lipinski definition) is 0. The average Bonchev–Trinajstić information content (AvgIpc) is 2.64. The second kappa shape index (κ2) is 6.32. The number of benzene rings is 1. The first kappa shape index (κ1) is 15.8. The second-order valence-electron chi connectivity index (χ2n) is 7.57. The first-order chi connectivity index (χ1) is 11.7. The summed E-state index contributed by atoms with van der Waals surface area (Å²) < 4.78 is 6.07. The minimum Gasteiger partial charge on any atom is -0.460 e. The molecule has 4 nitrogen and oxygen atoms in total. The summed E-state index contributed by atoms with van der Waals surface area (Å²) in [6.07, 6.45) is 4.40. The smallest absolute Gasteiger partial charge is 0.316 e. The Bertz CT molecular complexity index is 609. The summed E-state index contributed by atoms with van der Waals surface area (Å²) in [4.78, 5) is 27.4. The molecule has 4 aliphatic rings. The van der Waals surface area contributed by atoms with Gasteiger partial charge >= 0.3 is 5.97 Å². The fourth-order valence-corrected chi connectivity index (χ4v) is 4.62. The van der Waals surface area contributed by atoms with Crippen molar-refractivity contribution in [1.82, 2.24) is 4.90 Å². The number of piperidine rings is 3. The molecule has 0 amide bonds. The summed E-state index contributed by atoms with van der Waals surface area (Å²) in [5.74, 6) is 0.661. The van der Waals surface area contributed by atoms with Gasteiger partial charge in [-0.1, -0.05) is 30.3 Å². The van der Waals surface area contributed by atoms with Crippen LogP contribution in [-0.2, 0) is 19.7 Å². The molecule has 4 fully saturated rings. The molecule has 2 bridgehead atoms. The van der Waals surface area contributed by atoms with E-state index in [0.29, 0.717) is 31.6 Å². The highest BCUT2D eigenvalue weighted by molar-refractivity contribution is 5.88. The van der Waals surface area contributed by atoms with Crippen molar-refractivity contribution in [3.8, 4) is 0 Å². The van der Waals surface area contributed by atoms with E-state index in [0.717, 1.165) is 38.0 Å². The highest BCUT2D eigenvalue weighted by Gasteiger charge is 2.46. The molecule has 0 aromatic heterocycles. The largest absolute Gasteiger partial charge is 0.460 e. The normalized spacial score (nSPS) is 31.7. The molecule has 1 atom stereocenters. The average molecular weight is 327 g/mol. The van der Waals surface area contributed by atoms with Gasteiger partial charge in [-0.25, -0.2) is 0 Å². The van der Waals surface area contributed by atoms with Gasteiger partial charge in [-0.3, -0.25) is 14.5 Å². The zero-order valence-corrected chi connectivity index (χ0v) is 14.1. The first-order valence-corrected chi connectivity index (χ1v) is 9.18. The lowest BCUT2D eigenvalue weighted by Gasteiger charge is -2.45. The minimum absolute atomic E-state index is 0.0261. The molecule has 1 unspecified atom stereocenters. The zero-order valence-electron chi connectivity index (χ0n) is 14.1. The van der Waals surface area contributed by atoms with E-state index in [1.54, 1.807) is 0 Å². The Morgan fingerprint density at radius 2 is 1.75 bits per heavy atom. The molecule has 0 radical (unpaired) electrons. The molecule has 128 valence electrons. The van der Waals surface area contributed by atoms with Crippen molar-refractivity contribution in [3.63, 3.8) is 0 Å². The number of rotatable bonds is 3. The van der Waals surface area contributed by atoms with Gasteiger partial charge in [0.2, 0.25) is 0 Å². The minimum atomic E-state index is -0.638. The maximum absolute atomic E-state index is 13.2. The predicted octanol–water partition coefficient (Wildman–Crippen LogP) is 2.70. The summed E-state index contributed by atoms with van der Waals surface area (Å²) in [6, 6.07) is 9.91. The van der Waals surface area contributed by atoms with Gasteiger partial charge in [0.05, 0.1) is 5.41 Å². The van der Waals surface area contributed by atoms with Crippen molar-refractivity contribution < 1.29 is 14.3 Å². The van der Waals surface area contributed by atoms with Gasteiger partial charge in [-0.05, 0) is 50.3 Å². The Morgan fingerprint density at radius 1 is 1.08 bits per heavy atom. The summed E-state index contributed by atoms with van der Waals surface area (Å²) in [7, 11) is 0. The molecule has 0 spiro atoms. The molecule has 4 heteroatoms. The van der Waals surface area contributed by atoms with E-state index in [1.807, 2.05) is 30.3 Å². The van der Waals surface area contributed by atoms with Crippen LogP contribution in [0.2, 0.25) is 0 Å². The van der Waals surface area contributed by atoms with Crippen molar-refractivity contribution in [2.75, 3.05) is 19.6 Å². The number of carbonyl (C=O) groups is 2. The third-order valence-corrected chi connectivity index (χ3v) is 6.23. The van der Waals surface area contributed by atoms with Crippen LogP contribution in [0, 0.1) is 5.92 Å². The van der Waals surface area contributed by atoms with Gasteiger partial charge in [0, 0.05) is 19.4 Å². The van der Waals surface area contributed by atoms with E-state index in [1.165, 1.54) is 0 Å². The molecule has 3 saturated heterocycles. The molecule has 3 heterocycles. The quantitative estimate of drug-likeness (QED) is 0.801. The SMILES string of the molecule is O=C1CCC(C(=O)OC2CN3CCC2CC3)(c2ccccc2)CC1. The number of hydrogen-bond acceptors (Lipinski definition) is 4. The van der Waals surface area contributed by atoms with E-state index >= 15 is 0 Å². The molecule has 1 aromatic rings. The number of ether oxygens (including phenoxy) is 1. The maximum Gasteiger partial charge on any atom is 0.316 e. The Hall–Kier alpha value is -1.68. The van der Waals surface area contributed by atoms with Crippen LogP contribution in [0.3, 0.4) is 0 Å². The number of nitrogens with zero attached hydrogens (tertiary/aromatic N) is 1. The van der Waals surface area contributed by atoms with Gasteiger partial charge < -0.3 is 4.74 Å². The van der Waals surface area contributed by atoms with E-state index in [4.69, 9.17) is 4.74 Å². The zero-order chi connectivity index (χ0) is 16.6. The molecular weight excluding hydrogens is 302 g/mol. The highest BCUT2D eigenvalue weighted by Crippen LogP contribution is 2.41. The van der Waals surface area contributed by atoms with E-state index in [2.05, 4.69) is 4.90 Å². The lowest BCUT2D eigenvalue weighted by Crippen LogP contribution is -2.53. The number of fused-ring (bicyclic) bond motifs is 3. The fraction of sp³-hybridized carbons (Fsp3) is 0.600. The second-order valence-corrected chi connectivity index (χ2v) is 7.57. The number of Topliss-reactive ketones (excluding diaryl/α,β-unsaturated/α-hetero) is 1. The number of ketones is 1. The third kappa shape index (κ3) is 2.77. The molecule has 3 aliphatic heterocycles. The summed E-state index contributed by atoms with van der Waals surface area (Å²) in [5, 5.41) is 0. The molecule has 1 saturated carbocycles. The monoisotopic (exact) mass is 327 g/mol.